The largest absolute Gasteiger partial charge is 0.478 e. The number of nitrogens with one attached hydrogen (secondary N) is 1. The average molecular weight is 405 g/mol. The van der Waals surface area contributed by atoms with Crippen LogP contribution in [0.1, 0.15) is 12.0 Å². The molecule has 3 N–H and O–H groups in total. The second kappa shape index (κ2) is 11.0. The zero-order valence-corrected chi connectivity index (χ0v) is 15.5. The lowest BCUT2D eigenvalue weighted by atomic mass is 9.99. The summed E-state index contributed by atoms with van der Waals surface area (Å²) in [6.45, 7) is 2.26. The van der Waals surface area contributed by atoms with Gasteiger partial charge >= 0.3 is 11.9 Å². The maximum Gasteiger partial charge on any atom is 0.328 e. The average Bonchev–Trinajstić information content (AvgIpc) is 3.19. The zero-order valence-electron chi connectivity index (χ0n) is 15.5. The van der Waals surface area contributed by atoms with Crippen LogP contribution in [0.4, 0.5) is 8.78 Å². The number of aliphatic carboxylic acids is 2. The van der Waals surface area contributed by atoms with Gasteiger partial charge in [0.1, 0.15) is 11.6 Å². The smallest absolute Gasteiger partial charge is 0.328 e. The van der Waals surface area contributed by atoms with Gasteiger partial charge in [-0.3, -0.25) is 0 Å². The van der Waals surface area contributed by atoms with E-state index in [2.05, 4.69) is 5.32 Å². The van der Waals surface area contributed by atoms with Gasteiger partial charge in [0, 0.05) is 30.3 Å². The van der Waals surface area contributed by atoms with Crippen molar-refractivity contribution in [1.82, 2.24) is 5.32 Å². The van der Waals surface area contributed by atoms with Gasteiger partial charge in [-0.1, -0.05) is 24.3 Å². The molecule has 1 heterocycles. The Hall–Kier alpha value is -3.10. The predicted octanol–water partition coefficient (Wildman–Crippen LogP) is 3.22. The first-order chi connectivity index (χ1) is 13.9. The fourth-order valence-electron chi connectivity index (χ4n) is 2.74. The van der Waals surface area contributed by atoms with Crippen LogP contribution in [0.2, 0.25) is 0 Å². The van der Waals surface area contributed by atoms with E-state index in [-0.39, 0.29) is 6.10 Å². The van der Waals surface area contributed by atoms with E-state index in [1.165, 1.54) is 12.1 Å². The van der Waals surface area contributed by atoms with E-state index >= 15 is 0 Å². The Balaban J connectivity index is 0.000000321. The molecule has 154 valence electrons. The zero-order chi connectivity index (χ0) is 21.2. The van der Waals surface area contributed by atoms with Crippen LogP contribution in [-0.4, -0.2) is 41.3 Å². The van der Waals surface area contributed by atoms with E-state index in [1.807, 2.05) is 24.3 Å². The van der Waals surface area contributed by atoms with Crippen molar-refractivity contribution in [3.05, 3.63) is 71.8 Å². The Kier molecular flexibility index (Phi) is 8.45. The minimum Gasteiger partial charge on any atom is -0.478 e. The van der Waals surface area contributed by atoms with Gasteiger partial charge in [0.25, 0.3) is 0 Å². The lowest BCUT2D eigenvalue weighted by molar-refractivity contribution is -0.134. The Morgan fingerprint density at radius 1 is 1.07 bits per heavy atom. The first-order valence-electron chi connectivity index (χ1n) is 8.86. The van der Waals surface area contributed by atoms with Gasteiger partial charge in [-0.2, -0.15) is 0 Å². The van der Waals surface area contributed by atoms with E-state index in [9.17, 15) is 18.4 Å². The molecule has 0 aliphatic carbocycles. The van der Waals surface area contributed by atoms with E-state index in [1.54, 1.807) is 0 Å². The number of halogens is 2. The molecule has 0 spiro atoms. The quantitative estimate of drug-likeness (QED) is 0.639. The SMILES string of the molecule is Fc1ccc(-c2ccccc2CO[C@H]2CCNC2)c(F)c1.O=C(O)C=CC(=O)O. The van der Waals surface area contributed by atoms with Gasteiger partial charge in [-0.05, 0) is 36.2 Å². The van der Waals surface area contributed by atoms with Crippen LogP contribution in [0, 0.1) is 11.6 Å². The lowest BCUT2D eigenvalue weighted by Gasteiger charge is -2.14. The number of carbonyl (C=O) groups is 2. The summed E-state index contributed by atoms with van der Waals surface area (Å²) in [5, 5.41) is 18.9. The number of rotatable bonds is 6. The van der Waals surface area contributed by atoms with E-state index in [0.29, 0.717) is 24.3 Å². The highest BCUT2D eigenvalue weighted by atomic mass is 19.1. The van der Waals surface area contributed by atoms with Crippen LogP contribution in [-0.2, 0) is 20.9 Å². The molecule has 0 radical (unpaired) electrons. The Morgan fingerprint density at radius 3 is 2.34 bits per heavy atom. The highest BCUT2D eigenvalue weighted by Gasteiger charge is 2.16. The van der Waals surface area contributed by atoms with Crippen LogP contribution >= 0.6 is 0 Å². The molecule has 0 aromatic heterocycles. The molecule has 0 unspecified atom stereocenters. The standard InChI is InChI=1S/C17H17F2NO.C4H4O4/c18-13-5-6-16(17(19)9-13)15-4-2-1-3-12(15)11-21-14-7-8-20-10-14;5-3(6)1-2-4(7)8/h1-6,9,14,20H,7-8,10-11H2;1-2H,(H,5,6)(H,7,8)/t14-;/m0./s1. The molecule has 2 aromatic carbocycles. The van der Waals surface area contributed by atoms with Gasteiger partial charge in [-0.15, -0.1) is 0 Å². The van der Waals surface area contributed by atoms with Crippen molar-refractivity contribution in [2.45, 2.75) is 19.1 Å². The fourth-order valence-corrected chi connectivity index (χ4v) is 2.74. The van der Waals surface area contributed by atoms with Crippen molar-refractivity contribution >= 4 is 11.9 Å². The number of ether oxygens (including phenoxy) is 1. The summed E-state index contributed by atoms with van der Waals surface area (Å²) in [7, 11) is 0. The summed E-state index contributed by atoms with van der Waals surface area (Å²) >= 11 is 0. The maximum absolute atomic E-state index is 14.0. The molecule has 29 heavy (non-hydrogen) atoms. The first-order valence-corrected chi connectivity index (χ1v) is 8.86. The highest BCUT2D eigenvalue weighted by Crippen LogP contribution is 2.27. The molecule has 1 atom stereocenters. The summed E-state index contributed by atoms with van der Waals surface area (Å²) < 4.78 is 32.9. The van der Waals surface area contributed by atoms with Crippen LogP contribution in [0.5, 0.6) is 0 Å². The Morgan fingerprint density at radius 2 is 1.76 bits per heavy atom. The van der Waals surface area contributed by atoms with Crippen molar-refractivity contribution < 1.29 is 33.3 Å². The first kappa shape index (κ1) is 22.2. The molecule has 3 rings (SSSR count). The van der Waals surface area contributed by atoms with E-state index in [4.69, 9.17) is 14.9 Å². The fraction of sp³-hybridized carbons (Fsp3) is 0.238. The van der Waals surface area contributed by atoms with E-state index in [0.717, 1.165) is 36.7 Å². The second-order valence-electron chi connectivity index (χ2n) is 6.22. The molecule has 0 amide bonds. The van der Waals surface area contributed by atoms with Crippen molar-refractivity contribution in [1.29, 1.82) is 0 Å². The number of carboxylic acid groups (broad SMARTS) is 2. The summed E-state index contributed by atoms with van der Waals surface area (Å²) in [6.07, 6.45) is 2.31. The normalized spacial score (nSPS) is 15.7. The summed E-state index contributed by atoms with van der Waals surface area (Å²) in [5.41, 5.74) is 2.07. The molecule has 0 saturated carbocycles. The second-order valence-corrected chi connectivity index (χ2v) is 6.22. The van der Waals surface area contributed by atoms with Crippen molar-refractivity contribution in [3.63, 3.8) is 0 Å². The van der Waals surface area contributed by atoms with E-state index < -0.39 is 23.6 Å². The Labute approximate surface area is 166 Å². The number of benzene rings is 2. The van der Waals surface area contributed by atoms with Gasteiger partial charge < -0.3 is 20.3 Å². The summed E-state index contributed by atoms with van der Waals surface area (Å²) in [5.74, 6) is -3.63. The molecule has 1 aliphatic heterocycles. The van der Waals surface area contributed by atoms with Crippen molar-refractivity contribution in [3.8, 4) is 11.1 Å². The monoisotopic (exact) mass is 405 g/mol. The minimum atomic E-state index is -1.26. The topological polar surface area (TPSA) is 95.9 Å². The highest BCUT2D eigenvalue weighted by molar-refractivity contribution is 5.89. The molecule has 1 saturated heterocycles. The molecular formula is C21H21F2NO5. The molecule has 2 aromatic rings. The van der Waals surface area contributed by atoms with Gasteiger partial charge in [0.05, 0.1) is 12.7 Å². The number of hydrogen-bond acceptors (Lipinski definition) is 4. The molecule has 8 heteroatoms. The number of hydrogen-bond donors (Lipinski definition) is 3. The van der Waals surface area contributed by atoms with Crippen molar-refractivity contribution in [2.24, 2.45) is 0 Å². The third-order valence-corrected chi connectivity index (χ3v) is 4.10. The van der Waals surface area contributed by atoms with Crippen LogP contribution in [0.15, 0.2) is 54.6 Å². The lowest BCUT2D eigenvalue weighted by Crippen LogP contribution is -2.16. The van der Waals surface area contributed by atoms with Gasteiger partial charge in [0.15, 0.2) is 0 Å². The maximum atomic E-state index is 14.0. The van der Waals surface area contributed by atoms with Crippen LogP contribution in [0.25, 0.3) is 11.1 Å². The van der Waals surface area contributed by atoms with Crippen LogP contribution < -0.4 is 5.32 Å². The number of carboxylic acids is 2. The summed E-state index contributed by atoms with van der Waals surface area (Å²) in [6, 6.07) is 11.2. The van der Waals surface area contributed by atoms with Crippen molar-refractivity contribution in [2.75, 3.05) is 13.1 Å². The molecular weight excluding hydrogens is 384 g/mol. The predicted molar refractivity (Wildman–Crippen MR) is 102 cm³/mol. The Bertz CT molecular complexity index is 863. The third-order valence-electron chi connectivity index (χ3n) is 4.10. The minimum absolute atomic E-state index is 0.205. The summed E-state index contributed by atoms with van der Waals surface area (Å²) in [4.78, 5) is 19.1. The van der Waals surface area contributed by atoms with Crippen LogP contribution in [0.3, 0.4) is 0 Å². The van der Waals surface area contributed by atoms with Gasteiger partial charge in [-0.25, -0.2) is 18.4 Å². The van der Waals surface area contributed by atoms with Gasteiger partial charge in [0.2, 0.25) is 0 Å². The third kappa shape index (κ3) is 7.44. The molecule has 1 aliphatic rings. The molecule has 1 fully saturated rings. The molecule has 6 nitrogen and oxygen atoms in total. The molecule has 0 bridgehead atoms.